The first-order valence-corrected chi connectivity index (χ1v) is 6.81. The normalized spacial score (nSPS) is 11.6. The minimum atomic E-state index is -4.66. The Morgan fingerprint density at radius 3 is 2.55 bits per heavy atom. The molecule has 0 fully saturated rings. The third-order valence-electron chi connectivity index (χ3n) is 2.52. The van der Waals surface area contributed by atoms with Crippen LogP contribution in [0.3, 0.4) is 0 Å². The predicted octanol–water partition coefficient (Wildman–Crippen LogP) is 3.47. The molecular weight excluding hydrogens is 289 g/mol. The molecule has 2 rings (SSSR count). The SMILES string of the molecule is CNCCc1nc(-c2ccc(OC(F)(F)F)cc2)cs1. The quantitative estimate of drug-likeness (QED) is 0.918. The van der Waals surface area contributed by atoms with Gasteiger partial charge in [-0.2, -0.15) is 0 Å². The number of halogens is 3. The number of rotatable bonds is 5. The highest BCUT2D eigenvalue weighted by Gasteiger charge is 2.30. The van der Waals surface area contributed by atoms with E-state index < -0.39 is 6.36 Å². The van der Waals surface area contributed by atoms with Gasteiger partial charge in [0.25, 0.3) is 0 Å². The van der Waals surface area contributed by atoms with Crippen molar-refractivity contribution in [2.45, 2.75) is 12.8 Å². The molecule has 0 saturated heterocycles. The van der Waals surface area contributed by atoms with E-state index in [1.807, 2.05) is 12.4 Å². The lowest BCUT2D eigenvalue weighted by molar-refractivity contribution is -0.274. The molecule has 1 aromatic carbocycles. The van der Waals surface area contributed by atoms with Crippen molar-refractivity contribution in [3.63, 3.8) is 0 Å². The zero-order chi connectivity index (χ0) is 14.6. The molecule has 2 aromatic rings. The van der Waals surface area contributed by atoms with E-state index in [1.165, 1.54) is 23.5 Å². The van der Waals surface area contributed by atoms with Crippen LogP contribution in [0, 0.1) is 0 Å². The van der Waals surface area contributed by atoms with Gasteiger partial charge < -0.3 is 10.1 Å². The molecule has 3 nitrogen and oxygen atoms in total. The van der Waals surface area contributed by atoms with E-state index in [1.54, 1.807) is 12.1 Å². The maximum absolute atomic E-state index is 12.0. The second kappa shape index (κ2) is 6.23. The zero-order valence-corrected chi connectivity index (χ0v) is 11.5. The van der Waals surface area contributed by atoms with Crippen molar-refractivity contribution in [1.29, 1.82) is 0 Å². The smallest absolute Gasteiger partial charge is 0.406 e. The Labute approximate surface area is 118 Å². The first kappa shape index (κ1) is 14.8. The highest BCUT2D eigenvalue weighted by Crippen LogP contribution is 2.27. The first-order valence-electron chi connectivity index (χ1n) is 5.93. The van der Waals surface area contributed by atoms with Gasteiger partial charge in [-0.1, -0.05) is 0 Å². The summed E-state index contributed by atoms with van der Waals surface area (Å²) in [4.78, 5) is 4.44. The van der Waals surface area contributed by atoms with Gasteiger partial charge in [0, 0.05) is 23.9 Å². The number of ether oxygens (including phenoxy) is 1. The van der Waals surface area contributed by atoms with E-state index in [2.05, 4.69) is 15.0 Å². The molecule has 1 heterocycles. The summed E-state index contributed by atoms with van der Waals surface area (Å²) < 4.78 is 40.0. The fraction of sp³-hybridized carbons (Fsp3) is 0.308. The number of aromatic nitrogens is 1. The minimum Gasteiger partial charge on any atom is -0.406 e. The summed E-state index contributed by atoms with van der Waals surface area (Å²) >= 11 is 1.54. The lowest BCUT2D eigenvalue weighted by Gasteiger charge is -2.08. The summed E-state index contributed by atoms with van der Waals surface area (Å²) in [5.74, 6) is -0.230. The van der Waals surface area contributed by atoms with Crippen molar-refractivity contribution in [2.75, 3.05) is 13.6 Å². The van der Waals surface area contributed by atoms with Crippen LogP contribution in [0.4, 0.5) is 13.2 Å². The maximum atomic E-state index is 12.0. The van der Waals surface area contributed by atoms with Gasteiger partial charge in [-0.25, -0.2) is 4.98 Å². The number of benzene rings is 1. The monoisotopic (exact) mass is 302 g/mol. The molecule has 108 valence electrons. The summed E-state index contributed by atoms with van der Waals surface area (Å²) in [6.45, 7) is 0.839. The molecular formula is C13H13F3N2OS. The number of likely N-dealkylation sites (N-methyl/N-ethyl adjacent to an activating group) is 1. The molecule has 0 unspecified atom stereocenters. The van der Waals surface area contributed by atoms with Gasteiger partial charge >= 0.3 is 6.36 Å². The van der Waals surface area contributed by atoms with Crippen LogP contribution in [0.25, 0.3) is 11.3 Å². The summed E-state index contributed by atoms with van der Waals surface area (Å²) in [7, 11) is 1.87. The number of nitrogens with one attached hydrogen (secondary N) is 1. The number of nitrogens with zero attached hydrogens (tertiary/aromatic N) is 1. The Morgan fingerprint density at radius 1 is 1.25 bits per heavy atom. The number of alkyl halides is 3. The molecule has 0 saturated carbocycles. The van der Waals surface area contributed by atoms with E-state index in [9.17, 15) is 13.2 Å². The third-order valence-corrected chi connectivity index (χ3v) is 3.43. The molecule has 0 atom stereocenters. The van der Waals surface area contributed by atoms with Gasteiger partial charge in [0.05, 0.1) is 10.7 Å². The first-order chi connectivity index (χ1) is 9.48. The van der Waals surface area contributed by atoms with Crippen molar-refractivity contribution in [2.24, 2.45) is 0 Å². The fourth-order valence-corrected chi connectivity index (χ4v) is 2.43. The Kier molecular flexibility index (Phi) is 4.61. The molecule has 1 N–H and O–H groups in total. The van der Waals surface area contributed by atoms with Crippen molar-refractivity contribution >= 4 is 11.3 Å². The third kappa shape index (κ3) is 4.21. The van der Waals surface area contributed by atoms with Crippen molar-refractivity contribution in [3.8, 4) is 17.0 Å². The van der Waals surface area contributed by atoms with Crippen LogP contribution in [0.5, 0.6) is 5.75 Å². The van der Waals surface area contributed by atoms with Crippen LogP contribution in [0.1, 0.15) is 5.01 Å². The van der Waals surface area contributed by atoms with Crippen molar-refractivity contribution < 1.29 is 17.9 Å². The van der Waals surface area contributed by atoms with Crippen LogP contribution in [0.15, 0.2) is 29.6 Å². The largest absolute Gasteiger partial charge is 0.573 e. The van der Waals surface area contributed by atoms with E-state index >= 15 is 0 Å². The average Bonchev–Trinajstić information content (AvgIpc) is 2.84. The minimum absolute atomic E-state index is 0.230. The topological polar surface area (TPSA) is 34.2 Å². The lowest BCUT2D eigenvalue weighted by Crippen LogP contribution is -2.16. The fourth-order valence-electron chi connectivity index (χ4n) is 1.62. The van der Waals surface area contributed by atoms with E-state index in [0.29, 0.717) is 0 Å². The lowest BCUT2D eigenvalue weighted by atomic mass is 10.2. The predicted molar refractivity (Wildman–Crippen MR) is 71.9 cm³/mol. The zero-order valence-electron chi connectivity index (χ0n) is 10.7. The van der Waals surface area contributed by atoms with E-state index in [-0.39, 0.29) is 5.75 Å². The van der Waals surface area contributed by atoms with Crippen LogP contribution in [-0.4, -0.2) is 24.9 Å². The van der Waals surface area contributed by atoms with E-state index in [0.717, 1.165) is 29.2 Å². The summed E-state index contributed by atoms with van der Waals surface area (Å²) in [6, 6.07) is 5.71. The van der Waals surface area contributed by atoms with Crippen molar-refractivity contribution in [3.05, 3.63) is 34.7 Å². The number of hydrogen-bond acceptors (Lipinski definition) is 4. The molecule has 1 aromatic heterocycles. The van der Waals surface area contributed by atoms with Gasteiger partial charge in [-0.15, -0.1) is 24.5 Å². The number of hydrogen-bond donors (Lipinski definition) is 1. The van der Waals surface area contributed by atoms with Crippen LogP contribution in [0.2, 0.25) is 0 Å². The summed E-state index contributed by atoms with van der Waals surface area (Å²) in [5, 5.41) is 5.92. The standard InChI is InChI=1S/C13H13F3N2OS/c1-17-7-6-12-18-11(8-20-12)9-2-4-10(5-3-9)19-13(14,15)16/h2-5,8,17H,6-7H2,1H3. The number of thiazole rings is 1. The molecule has 0 spiro atoms. The van der Waals surface area contributed by atoms with Crippen LogP contribution >= 0.6 is 11.3 Å². The van der Waals surface area contributed by atoms with Gasteiger partial charge in [0.2, 0.25) is 0 Å². The molecule has 0 bridgehead atoms. The molecule has 0 aliphatic rings. The molecule has 20 heavy (non-hydrogen) atoms. The van der Waals surface area contributed by atoms with Crippen LogP contribution < -0.4 is 10.1 Å². The molecule has 0 aliphatic carbocycles. The van der Waals surface area contributed by atoms with Crippen molar-refractivity contribution in [1.82, 2.24) is 10.3 Å². The van der Waals surface area contributed by atoms with E-state index in [4.69, 9.17) is 0 Å². The highest BCUT2D eigenvalue weighted by molar-refractivity contribution is 7.09. The maximum Gasteiger partial charge on any atom is 0.573 e. The Hall–Kier alpha value is -1.60. The summed E-state index contributed by atoms with van der Waals surface area (Å²) in [5.41, 5.74) is 1.53. The Bertz CT molecular complexity index is 551. The second-order valence-electron chi connectivity index (χ2n) is 4.05. The molecule has 0 aliphatic heterocycles. The Morgan fingerprint density at radius 2 is 1.95 bits per heavy atom. The Balaban J connectivity index is 2.07. The van der Waals surface area contributed by atoms with Crippen LogP contribution in [-0.2, 0) is 6.42 Å². The van der Waals surface area contributed by atoms with Gasteiger partial charge in [-0.05, 0) is 31.3 Å². The summed E-state index contributed by atoms with van der Waals surface area (Å²) in [6.07, 6.45) is -3.83. The molecule has 0 amide bonds. The second-order valence-corrected chi connectivity index (χ2v) is 4.99. The van der Waals surface area contributed by atoms with Gasteiger partial charge in [0.1, 0.15) is 5.75 Å². The average molecular weight is 302 g/mol. The van der Waals surface area contributed by atoms with Gasteiger partial charge in [0.15, 0.2) is 0 Å². The highest BCUT2D eigenvalue weighted by atomic mass is 32.1. The van der Waals surface area contributed by atoms with Gasteiger partial charge in [-0.3, -0.25) is 0 Å². The molecule has 0 radical (unpaired) electrons. The molecule has 7 heteroatoms.